The molecule has 0 fully saturated rings. The highest BCUT2D eigenvalue weighted by Gasteiger charge is 2.13. The number of hydrogen-bond donors (Lipinski definition) is 2. The quantitative estimate of drug-likeness (QED) is 0.781. The molecule has 2 aromatic rings. The Morgan fingerprint density at radius 3 is 2.65 bits per heavy atom. The number of carbonyl (C=O) groups excluding carboxylic acids is 1. The first-order valence-corrected chi connectivity index (χ1v) is 8.37. The first-order chi connectivity index (χ1) is 12.5. The summed E-state index contributed by atoms with van der Waals surface area (Å²) < 4.78 is 16.6. The lowest BCUT2D eigenvalue weighted by molar-refractivity contribution is -0.123. The number of carbonyl (C=O) groups is 1. The van der Waals surface area contributed by atoms with Crippen molar-refractivity contribution < 1.29 is 19.0 Å². The first-order valence-electron chi connectivity index (χ1n) is 8.37. The normalized spacial score (nSPS) is 12.2. The van der Waals surface area contributed by atoms with Gasteiger partial charge in [-0.05, 0) is 49.2 Å². The number of fused-ring (bicyclic) bond motifs is 1. The monoisotopic (exact) mass is 354 g/mol. The molecule has 0 aliphatic carbocycles. The molecule has 0 radical (unpaired) electrons. The van der Waals surface area contributed by atoms with E-state index >= 15 is 0 Å². The molecule has 26 heavy (non-hydrogen) atoms. The summed E-state index contributed by atoms with van der Waals surface area (Å²) in [6, 6.07) is 11.4. The summed E-state index contributed by atoms with van der Waals surface area (Å²) in [5, 5.41) is 0. The van der Waals surface area contributed by atoms with Crippen molar-refractivity contribution in [3.8, 4) is 17.2 Å². The number of rotatable bonds is 6. The van der Waals surface area contributed by atoms with Crippen LogP contribution >= 0.6 is 0 Å². The fourth-order valence-corrected chi connectivity index (χ4v) is 2.49. The molecule has 136 valence electrons. The molecular formula is C20H22N2O4. The van der Waals surface area contributed by atoms with Gasteiger partial charge in [-0.25, -0.2) is 0 Å². The second-order valence-electron chi connectivity index (χ2n) is 6.07. The van der Waals surface area contributed by atoms with Gasteiger partial charge in [0.05, 0.1) is 5.70 Å². The lowest BCUT2D eigenvalue weighted by Crippen LogP contribution is -2.39. The van der Waals surface area contributed by atoms with Crippen molar-refractivity contribution in [1.82, 2.24) is 10.9 Å². The number of benzene rings is 2. The van der Waals surface area contributed by atoms with E-state index in [1.807, 2.05) is 50.2 Å². The summed E-state index contributed by atoms with van der Waals surface area (Å²) in [4.78, 5) is 12.0. The van der Waals surface area contributed by atoms with E-state index in [2.05, 4.69) is 17.4 Å². The molecule has 1 aliphatic heterocycles. The fourth-order valence-electron chi connectivity index (χ4n) is 2.49. The third-order valence-electron chi connectivity index (χ3n) is 3.95. The molecule has 0 bridgehead atoms. The van der Waals surface area contributed by atoms with Crippen molar-refractivity contribution in [2.75, 3.05) is 19.8 Å². The minimum absolute atomic E-state index is 0.0916. The lowest BCUT2D eigenvalue weighted by atomic mass is 10.1. The van der Waals surface area contributed by atoms with Crippen molar-refractivity contribution in [1.29, 1.82) is 0 Å². The van der Waals surface area contributed by atoms with Crippen molar-refractivity contribution in [3.05, 3.63) is 59.7 Å². The Bertz CT molecular complexity index is 833. The Balaban J connectivity index is 1.51. The molecule has 2 N–H and O–H groups in total. The molecule has 0 saturated heterocycles. The van der Waals surface area contributed by atoms with Crippen LogP contribution in [0.4, 0.5) is 0 Å². The lowest BCUT2D eigenvalue weighted by Gasteiger charge is -2.19. The van der Waals surface area contributed by atoms with E-state index in [0.29, 0.717) is 36.2 Å². The molecule has 1 amide bonds. The second-order valence-corrected chi connectivity index (χ2v) is 6.07. The average molecular weight is 354 g/mol. The number of hydrogen-bond acceptors (Lipinski definition) is 5. The van der Waals surface area contributed by atoms with Gasteiger partial charge in [0.2, 0.25) is 0 Å². The molecule has 2 aromatic carbocycles. The summed E-state index contributed by atoms with van der Waals surface area (Å²) in [6.07, 6.45) is 0. The number of aryl methyl sites for hydroxylation is 2. The van der Waals surface area contributed by atoms with Crippen molar-refractivity contribution >= 4 is 11.6 Å². The molecular weight excluding hydrogens is 332 g/mol. The van der Waals surface area contributed by atoms with Crippen LogP contribution in [0.5, 0.6) is 17.2 Å². The molecule has 3 rings (SSSR count). The zero-order valence-electron chi connectivity index (χ0n) is 14.9. The van der Waals surface area contributed by atoms with E-state index in [0.717, 1.165) is 16.7 Å². The largest absolute Gasteiger partial charge is 0.486 e. The van der Waals surface area contributed by atoms with Gasteiger partial charge in [0, 0.05) is 5.56 Å². The van der Waals surface area contributed by atoms with Crippen LogP contribution in [0.2, 0.25) is 0 Å². The summed E-state index contributed by atoms with van der Waals surface area (Å²) in [6.45, 7) is 8.81. The number of hydrazine groups is 1. The molecule has 0 atom stereocenters. The highest BCUT2D eigenvalue weighted by atomic mass is 16.6. The SMILES string of the molecule is C=C(NNC(=O)COc1cc(C)ccc1C)c1ccc2c(c1)OCCO2. The van der Waals surface area contributed by atoms with Gasteiger partial charge in [-0.3, -0.25) is 15.6 Å². The first kappa shape index (κ1) is 17.7. The van der Waals surface area contributed by atoms with Crippen LogP contribution in [0.15, 0.2) is 43.0 Å². The van der Waals surface area contributed by atoms with Gasteiger partial charge in [0.15, 0.2) is 18.1 Å². The molecule has 1 aliphatic rings. The van der Waals surface area contributed by atoms with Crippen LogP contribution in [-0.4, -0.2) is 25.7 Å². The summed E-state index contributed by atoms with van der Waals surface area (Å²) >= 11 is 0. The molecule has 1 heterocycles. The van der Waals surface area contributed by atoms with Crippen LogP contribution in [0.25, 0.3) is 5.70 Å². The molecule has 0 unspecified atom stereocenters. The third-order valence-corrected chi connectivity index (χ3v) is 3.95. The van der Waals surface area contributed by atoms with E-state index in [4.69, 9.17) is 14.2 Å². The smallest absolute Gasteiger partial charge is 0.276 e. The topological polar surface area (TPSA) is 68.8 Å². The van der Waals surface area contributed by atoms with Crippen molar-refractivity contribution in [2.45, 2.75) is 13.8 Å². The van der Waals surface area contributed by atoms with Crippen molar-refractivity contribution in [3.63, 3.8) is 0 Å². The Hall–Kier alpha value is -3.15. The zero-order valence-corrected chi connectivity index (χ0v) is 14.9. The van der Waals surface area contributed by atoms with Gasteiger partial charge in [0.25, 0.3) is 5.91 Å². The van der Waals surface area contributed by atoms with Crippen LogP contribution < -0.4 is 25.1 Å². The van der Waals surface area contributed by atoms with Gasteiger partial charge < -0.3 is 14.2 Å². The average Bonchev–Trinajstić information content (AvgIpc) is 2.66. The third kappa shape index (κ3) is 4.27. The Morgan fingerprint density at radius 2 is 1.85 bits per heavy atom. The maximum atomic E-state index is 12.0. The van der Waals surface area contributed by atoms with Crippen LogP contribution in [0.3, 0.4) is 0 Å². The predicted octanol–water partition coefficient (Wildman–Crippen LogP) is 2.75. The summed E-state index contributed by atoms with van der Waals surface area (Å²) in [5.74, 6) is 1.77. The van der Waals surface area contributed by atoms with Crippen LogP contribution in [0.1, 0.15) is 16.7 Å². The Kier molecular flexibility index (Phi) is 5.31. The standard InChI is InChI=1S/C20H22N2O4/c1-13-4-5-14(2)18(10-13)26-12-20(23)22-21-15(3)16-6-7-17-19(11-16)25-9-8-24-17/h4-7,10-11,21H,3,8-9,12H2,1-2H3,(H,22,23). The summed E-state index contributed by atoms with van der Waals surface area (Å²) in [5.41, 5.74) is 8.78. The molecule has 0 saturated carbocycles. The molecule has 0 aromatic heterocycles. The maximum Gasteiger partial charge on any atom is 0.276 e. The van der Waals surface area contributed by atoms with E-state index in [1.165, 1.54) is 0 Å². The minimum Gasteiger partial charge on any atom is -0.486 e. The fraction of sp³-hybridized carbons (Fsp3) is 0.250. The van der Waals surface area contributed by atoms with Crippen LogP contribution in [0, 0.1) is 13.8 Å². The van der Waals surface area contributed by atoms with E-state index < -0.39 is 0 Å². The molecule has 6 heteroatoms. The van der Waals surface area contributed by atoms with Gasteiger partial charge in [-0.2, -0.15) is 0 Å². The number of ether oxygens (including phenoxy) is 3. The van der Waals surface area contributed by atoms with Crippen molar-refractivity contribution in [2.24, 2.45) is 0 Å². The zero-order chi connectivity index (χ0) is 18.5. The second kappa shape index (κ2) is 7.82. The minimum atomic E-state index is -0.301. The van der Waals surface area contributed by atoms with Gasteiger partial charge in [-0.1, -0.05) is 18.7 Å². The summed E-state index contributed by atoms with van der Waals surface area (Å²) in [7, 11) is 0. The highest BCUT2D eigenvalue weighted by molar-refractivity contribution is 5.78. The van der Waals surface area contributed by atoms with Gasteiger partial charge >= 0.3 is 0 Å². The van der Waals surface area contributed by atoms with E-state index in [9.17, 15) is 4.79 Å². The number of amides is 1. The van der Waals surface area contributed by atoms with Gasteiger partial charge in [0.1, 0.15) is 19.0 Å². The number of nitrogens with one attached hydrogen (secondary N) is 2. The Morgan fingerprint density at radius 1 is 1.08 bits per heavy atom. The maximum absolute atomic E-state index is 12.0. The Labute approximate surface area is 152 Å². The van der Waals surface area contributed by atoms with E-state index in [1.54, 1.807) is 0 Å². The van der Waals surface area contributed by atoms with E-state index in [-0.39, 0.29) is 12.5 Å². The highest BCUT2D eigenvalue weighted by Crippen LogP contribution is 2.32. The molecule has 0 spiro atoms. The molecule has 6 nitrogen and oxygen atoms in total. The predicted molar refractivity (Wildman–Crippen MR) is 99.2 cm³/mol. The van der Waals surface area contributed by atoms with Gasteiger partial charge in [-0.15, -0.1) is 0 Å². The van der Waals surface area contributed by atoms with Crippen LogP contribution in [-0.2, 0) is 4.79 Å².